The molecule has 1 aromatic rings. The molecule has 1 atom stereocenters. The number of carbonyl (C=O) groups is 2. The van der Waals surface area contributed by atoms with Crippen LogP contribution in [-0.2, 0) is 16.1 Å². The van der Waals surface area contributed by atoms with Crippen molar-refractivity contribution in [3.63, 3.8) is 0 Å². The number of benzene rings is 1. The van der Waals surface area contributed by atoms with Crippen LogP contribution in [-0.4, -0.2) is 69.2 Å². The van der Waals surface area contributed by atoms with E-state index in [1.54, 1.807) is 7.11 Å². The number of hydrogen-bond acceptors (Lipinski definition) is 5. The van der Waals surface area contributed by atoms with E-state index in [4.69, 9.17) is 4.74 Å². The minimum absolute atomic E-state index is 0.0381. The molecule has 178 valence electrons. The molecule has 0 radical (unpaired) electrons. The third-order valence-corrected chi connectivity index (χ3v) is 6.66. The van der Waals surface area contributed by atoms with Crippen molar-refractivity contribution < 1.29 is 14.3 Å². The summed E-state index contributed by atoms with van der Waals surface area (Å²) in [6, 6.07) is 6.15. The summed E-state index contributed by atoms with van der Waals surface area (Å²) in [4.78, 5) is 30.0. The van der Waals surface area contributed by atoms with E-state index in [0.29, 0.717) is 31.2 Å². The number of rotatable bonds is 6. The number of nitrogens with zero attached hydrogens (tertiary/aromatic N) is 2. The molecule has 0 aromatic heterocycles. The van der Waals surface area contributed by atoms with E-state index in [-0.39, 0.29) is 18.4 Å². The van der Waals surface area contributed by atoms with Gasteiger partial charge in [0.25, 0.3) is 11.8 Å². The van der Waals surface area contributed by atoms with Crippen molar-refractivity contribution in [3.8, 4) is 0 Å². The van der Waals surface area contributed by atoms with E-state index >= 15 is 0 Å². The second kappa shape index (κ2) is 12.9. The number of likely N-dealkylation sites (tertiary alicyclic amines) is 1. The smallest absolute Gasteiger partial charge is 0.252 e. The molecule has 2 N–H and O–H groups in total. The van der Waals surface area contributed by atoms with Crippen LogP contribution in [0.4, 0.5) is 5.69 Å². The second-order valence-electron chi connectivity index (χ2n) is 8.90. The fraction of sp³-hybridized carbons (Fsp3) is 0.680. The topological polar surface area (TPSA) is 73.9 Å². The van der Waals surface area contributed by atoms with Crippen molar-refractivity contribution >= 4 is 17.5 Å². The maximum Gasteiger partial charge on any atom is 0.252 e. The van der Waals surface area contributed by atoms with Gasteiger partial charge < -0.3 is 20.3 Å². The lowest BCUT2D eigenvalue weighted by molar-refractivity contribution is -0.122. The number of likely N-dealkylation sites (N-methyl/N-ethyl adjacent to an activating group) is 1. The third-order valence-electron chi connectivity index (χ3n) is 6.66. The Kier molecular flexibility index (Phi) is 9.96. The minimum Gasteiger partial charge on any atom is -0.375 e. The quantitative estimate of drug-likeness (QED) is 0.706. The summed E-state index contributed by atoms with van der Waals surface area (Å²) in [7, 11) is 1.55. The molecule has 7 nitrogen and oxygen atoms in total. The Morgan fingerprint density at radius 3 is 2.75 bits per heavy atom. The fourth-order valence-corrected chi connectivity index (χ4v) is 4.84. The lowest BCUT2D eigenvalue weighted by Crippen LogP contribution is -2.40. The molecule has 1 fully saturated rings. The summed E-state index contributed by atoms with van der Waals surface area (Å²) >= 11 is 0. The number of amides is 2. The van der Waals surface area contributed by atoms with Crippen LogP contribution in [0.3, 0.4) is 0 Å². The summed E-state index contributed by atoms with van der Waals surface area (Å²) in [6.07, 6.45) is 7.96. The van der Waals surface area contributed by atoms with E-state index in [2.05, 4.69) is 22.5 Å². The van der Waals surface area contributed by atoms with E-state index < -0.39 is 0 Å². The first kappa shape index (κ1) is 24.7. The Labute approximate surface area is 192 Å². The molecule has 0 saturated carbocycles. The average molecular weight is 445 g/mol. The number of methoxy groups -OCH3 is 1. The van der Waals surface area contributed by atoms with Crippen LogP contribution in [0.15, 0.2) is 18.2 Å². The highest BCUT2D eigenvalue weighted by molar-refractivity contribution is 5.98. The molecular formula is C25H40N4O3. The number of hydrogen-bond donors (Lipinski definition) is 2. The first-order valence-electron chi connectivity index (χ1n) is 12.3. The van der Waals surface area contributed by atoms with Gasteiger partial charge in [-0.1, -0.05) is 26.2 Å². The van der Waals surface area contributed by atoms with Gasteiger partial charge in [-0.2, -0.15) is 0 Å². The van der Waals surface area contributed by atoms with Crippen molar-refractivity contribution in [2.45, 2.75) is 64.5 Å². The van der Waals surface area contributed by atoms with Crippen molar-refractivity contribution in [1.82, 2.24) is 15.5 Å². The molecule has 1 saturated heterocycles. The molecule has 1 aromatic carbocycles. The summed E-state index contributed by atoms with van der Waals surface area (Å²) in [6.45, 7) is 7.31. The second-order valence-corrected chi connectivity index (χ2v) is 8.90. The van der Waals surface area contributed by atoms with E-state index in [1.807, 2.05) is 23.1 Å². The molecule has 2 aliphatic rings. The molecule has 0 aliphatic carbocycles. The van der Waals surface area contributed by atoms with Gasteiger partial charge in [0.05, 0.1) is 0 Å². The molecule has 2 amide bonds. The summed E-state index contributed by atoms with van der Waals surface area (Å²) in [5.41, 5.74) is 2.51. The van der Waals surface area contributed by atoms with E-state index in [9.17, 15) is 9.59 Å². The molecule has 2 aliphatic heterocycles. The van der Waals surface area contributed by atoms with Gasteiger partial charge in [0.15, 0.2) is 0 Å². The van der Waals surface area contributed by atoms with Gasteiger partial charge in [0, 0.05) is 44.0 Å². The van der Waals surface area contributed by atoms with Crippen LogP contribution < -0.4 is 15.5 Å². The third kappa shape index (κ3) is 6.77. The van der Waals surface area contributed by atoms with Crippen LogP contribution in [0.5, 0.6) is 0 Å². The van der Waals surface area contributed by atoms with Crippen LogP contribution in [0.1, 0.15) is 67.8 Å². The standard InChI is InChI=1S/C25H40N4O3/c1-3-28-14-9-10-22(28)18-27-25(31)20-11-12-23-21(16-20)17-26-13-7-5-4-6-8-15-29(23)24(30)19-32-2/h11-12,16,22,26H,3-10,13-15,17-19H2,1-2H3,(H,27,31). The molecule has 32 heavy (non-hydrogen) atoms. The average Bonchev–Trinajstić information content (AvgIpc) is 3.25. The molecule has 0 bridgehead atoms. The monoisotopic (exact) mass is 444 g/mol. The lowest BCUT2D eigenvalue weighted by Gasteiger charge is -2.26. The number of carbonyl (C=O) groups excluding carboxylic acids is 2. The largest absolute Gasteiger partial charge is 0.375 e. The number of anilines is 1. The van der Waals surface area contributed by atoms with Crippen molar-refractivity contribution in [2.75, 3.05) is 51.3 Å². The zero-order valence-electron chi connectivity index (χ0n) is 19.8. The van der Waals surface area contributed by atoms with Crippen LogP contribution in [0, 0.1) is 0 Å². The molecule has 3 rings (SSSR count). The van der Waals surface area contributed by atoms with E-state index in [0.717, 1.165) is 56.6 Å². The highest BCUT2D eigenvalue weighted by Gasteiger charge is 2.24. The zero-order chi connectivity index (χ0) is 22.8. The fourth-order valence-electron chi connectivity index (χ4n) is 4.84. The van der Waals surface area contributed by atoms with E-state index in [1.165, 1.54) is 19.3 Å². The van der Waals surface area contributed by atoms with Crippen LogP contribution in [0.2, 0.25) is 0 Å². The molecular weight excluding hydrogens is 404 g/mol. The Morgan fingerprint density at radius 1 is 1.12 bits per heavy atom. The van der Waals surface area contributed by atoms with Crippen molar-refractivity contribution in [2.24, 2.45) is 0 Å². The van der Waals surface area contributed by atoms with Gasteiger partial charge >= 0.3 is 0 Å². The Bertz CT molecular complexity index is 755. The molecule has 0 spiro atoms. The molecule has 1 unspecified atom stereocenters. The predicted molar refractivity (Wildman–Crippen MR) is 128 cm³/mol. The number of ether oxygens (including phenoxy) is 1. The lowest BCUT2D eigenvalue weighted by atomic mass is 10.0. The Hall–Kier alpha value is -1.96. The van der Waals surface area contributed by atoms with Gasteiger partial charge in [0.2, 0.25) is 0 Å². The first-order chi connectivity index (χ1) is 15.6. The summed E-state index contributed by atoms with van der Waals surface area (Å²) in [5, 5.41) is 6.63. The van der Waals surface area contributed by atoms with Gasteiger partial charge in [-0.05, 0) is 69.1 Å². The van der Waals surface area contributed by atoms with Gasteiger partial charge in [-0.3, -0.25) is 14.5 Å². The highest BCUT2D eigenvalue weighted by Crippen LogP contribution is 2.24. The number of nitrogens with one attached hydrogen (secondary N) is 2. The van der Waals surface area contributed by atoms with Gasteiger partial charge in [0.1, 0.15) is 6.61 Å². The van der Waals surface area contributed by atoms with Crippen LogP contribution >= 0.6 is 0 Å². The van der Waals surface area contributed by atoms with Crippen molar-refractivity contribution in [3.05, 3.63) is 29.3 Å². The highest BCUT2D eigenvalue weighted by atomic mass is 16.5. The molecule has 7 heteroatoms. The zero-order valence-corrected chi connectivity index (χ0v) is 19.8. The predicted octanol–water partition coefficient (Wildman–Crippen LogP) is 2.93. The minimum atomic E-state index is -0.0448. The summed E-state index contributed by atoms with van der Waals surface area (Å²) in [5.74, 6) is -0.0828. The SMILES string of the molecule is CCN1CCCC1CNC(=O)c1ccc2c(c1)CNCCCCCCCN2C(=O)COC. The Balaban J connectivity index is 1.77. The number of fused-ring (bicyclic) bond motifs is 1. The molecule has 2 heterocycles. The maximum absolute atomic E-state index is 12.9. The van der Waals surface area contributed by atoms with Gasteiger partial charge in [-0.25, -0.2) is 0 Å². The first-order valence-corrected chi connectivity index (χ1v) is 12.3. The summed E-state index contributed by atoms with van der Waals surface area (Å²) < 4.78 is 5.13. The Morgan fingerprint density at radius 2 is 1.94 bits per heavy atom. The normalized spacial score (nSPS) is 20.8. The van der Waals surface area contributed by atoms with Gasteiger partial charge in [-0.15, -0.1) is 0 Å². The van der Waals surface area contributed by atoms with Crippen LogP contribution in [0.25, 0.3) is 0 Å². The maximum atomic E-state index is 12.9. The van der Waals surface area contributed by atoms with Crippen molar-refractivity contribution in [1.29, 1.82) is 0 Å².